The monoisotopic (exact) mass is 482 g/mol. The molecule has 0 bridgehead atoms. The number of aromatic nitrogens is 2. The van der Waals surface area contributed by atoms with Gasteiger partial charge in [-0.2, -0.15) is 9.40 Å². The van der Waals surface area contributed by atoms with Gasteiger partial charge in [-0.25, -0.2) is 12.9 Å². The number of fused-ring (bicyclic) bond motifs is 1. The fourth-order valence-electron chi connectivity index (χ4n) is 4.83. The second-order valence-corrected chi connectivity index (χ2v) is 10.9. The van der Waals surface area contributed by atoms with Crippen molar-refractivity contribution in [2.24, 2.45) is 0 Å². The SMILES string of the molecule is CCc1ccc(S(=O)(=O)N2CCC(c3ccn4ncc(C(=O)N5CCOCC5)c4c3)CC2)cc1. The molecule has 1 amide bonds. The molecule has 0 radical (unpaired) electrons. The summed E-state index contributed by atoms with van der Waals surface area (Å²) in [6, 6.07) is 11.3. The minimum Gasteiger partial charge on any atom is -0.378 e. The number of aryl methyl sites for hydroxylation is 1. The van der Waals surface area contributed by atoms with Crippen LogP contribution < -0.4 is 0 Å². The standard InChI is InChI=1S/C25H30N4O4S/c1-2-19-3-5-22(6-4-19)34(31,32)28-10-7-20(8-11-28)21-9-12-29-24(17-21)23(18-26-29)25(30)27-13-15-33-16-14-27/h3-6,9,12,17-18,20H,2,7-8,10-11,13-16H2,1H3. The summed E-state index contributed by atoms with van der Waals surface area (Å²) in [5.41, 5.74) is 3.63. The zero-order chi connectivity index (χ0) is 23.7. The first-order valence-corrected chi connectivity index (χ1v) is 13.3. The van der Waals surface area contributed by atoms with Gasteiger partial charge >= 0.3 is 0 Å². The van der Waals surface area contributed by atoms with Gasteiger partial charge in [0.15, 0.2) is 0 Å². The van der Waals surface area contributed by atoms with Gasteiger partial charge in [-0.3, -0.25) is 4.79 Å². The lowest BCUT2D eigenvalue weighted by atomic mass is 9.90. The van der Waals surface area contributed by atoms with Crippen LogP contribution in [0.5, 0.6) is 0 Å². The lowest BCUT2D eigenvalue weighted by Crippen LogP contribution is -2.40. The van der Waals surface area contributed by atoms with Crippen molar-refractivity contribution < 1.29 is 17.9 Å². The molecule has 4 heterocycles. The summed E-state index contributed by atoms with van der Waals surface area (Å²) >= 11 is 0. The van der Waals surface area contributed by atoms with Crippen molar-refractivity contribution in [3.63, 3.8) is 0 Å². The van der Waals surface area contributed by atoms with E-state index < -0.39 is 10.0 Å². The van der Waals surface area contributed by atoms with Crippen LogP contribution in [0.3, 0.4) is 0 Å². The van der Waals surface area contributed by atoms with Crippen LogP contribution in [0.1, 0.15) is 47.2 Å². The number of rotatable bonds is 5. The Morgan fingerprint density at radius 2 is 1.76 bits per heavy atom. The van der Waals surface area contributed by atoms with Crippen molar-refractivity contribution in [3.05, 3.63) is 65.5 Å². The first-order chi connectivity index (χ1) is 16.5. The number of hydrogen-bond acceptors (Lipinski definition) is 5. The molecule has 0 N–H and O–H groups in total. The minimum atomic E-state index is -3.49. The molecule has 2 saturated heterocycles. The Bertz CT molecular complexity index is 1270. The molecule has 5 rings (SSSR count). The van der Waals surface area contributed by atoms with E-state index in [0.29, 0.717) is 49.9 Å². The van der Waals surface area contributed by atoms with Gasteiger partial charge in [0.1, 0.15) is 0 Å². The van der Waals surface area contributed by atoms with Crippen LogP contribution in [-0.4, -0.2) is 72.5 Å². The molecule has 0 aliphatic carbocycles. The summed E-state index contributed by atoms with van der Waals surface area (Å²) in [5.74, 6) is 0.214. The Kier molecular flexibility index (Phi) is 6.42. The third-order valence-corrected chi connectivity index (χ3v) is 8.88. The second kappa shape index (κ2) is 9.48. The highest BCUT2D eigenvalue weighted by atomic mass is 32.2. The molecular formula is C25H30N4O4S. The lowest BCUT2D eigenvalue weighted by Gasteiger charge is -2.31. The van der Waals surface area contributed by atoms with E-state index in [2.05, 4.69) is 12.0 Å². The highest BCUT2D eigenvalue weighted by molar-refractivity contribution is 7.89. The van der Waals surface area contributed by atoms with Crippen LogP contribution in [0.25, 0.3) is 5.52 Å². The van der Waals surface area contributed by atoms with Crippen molar-refractivity contribution in [2.45, 2.75) is 37.0 Å². The van der Waals surface area contributed by atoms with E-state index in [0.717, 1.165) is 35.9 Å². The number of piperidine rings is 1. The number of carbonyl (C=O) groups is 1. The summed E-state index contributed by atoms with van der Waals surface area (Å²) in [5, 5.41) is 4.36. The van der Waals surface area contributed by atoms with Gasteiger partial charge in [0.2, 0.25) is 10.0 Å². The van der Waals surface area contributed by atoms with E-state index in [1.165, 1.54) is 0 Å². The quantitative estimate of drug-likeness (QED) is 0.558. The van der Waals surface area contributed by atoms with E-state index in [4.69, 9.17) is 4.74 Å². The molecule has 2 fully saturated rings. The summed E-state index contributed by atoms with van der Waals surface area (Å²) in [6.07, 6.45) is 5.88. The second-order valence-electron chi connectivity index (χ2n) is 8.93. The molecule has 2 aromatic heterocycles. The number of sulfonamides is 1. The first kappa shape index (κ1) is 23.0. The van der Waals surface area contributed by atoms with Crippen LogP contribution in [0.4, 0.5) is 0 Å². The van der Waals surface area contributed by atoms with Gasteiger partial charge in [-0.05, 0) is 60.6 Å². The average molecular weight is 483 g/mol. The van der Waals surface area contributed by atoms with Gasteiger partial charge < -0.3 is 9.64 Å². The summed E-state index contributed by atoms with van der Waals surface area (Å²) in [6.45, 7) is 5.30. The summed E-state index contributed by atoms with van der Waals surface area (Å²) in [7, 11) is -3.49. The smallest absolute Gasteiger partial charge is 0.257 e. The van der Waals surface area contributed by atoms with E-state index in [9.17, 15) is 13.2 Å². The van der Waals surface area contributed by atoms with Gasteiger partial charge in [0.25, 0.3) is 5.91 Å². The number of carbonyl (C=O) groups excluding carboxylic acids is 1. The molecule has 34 heavy (non-hydrogen) atoms. The molecule has 0 unspecified atom stereocenters. The summed E-state index contributed by atoms with van der Waals surface area (Å²) in [4.78, 5) is 15.2. The number of pyridine rings is 1. The maximum Gasteiger partial charge on any atom is 0.257 e. The van der Waals surface area contributed by atoms with Crippen LogP contribution in [0.2, 0.25) is 0 Å². The molecule has 0 spiro atoms. The zero-order valence-electron chi connectivity index (χ0n) is 19.4. The predicted molar refractivity (Wildman–Crippen MR) is 128 cm³/mol. The molecule has 180 valence electrons. The van der Waals surface area contributed by atoms with Crippen LogP contribution in [0.15, 0.2) is 53.7 Å². The predicted octanol–water partition coefficient (Wildman–Crippen LogP) is 2.94. The fraction of sp³-hybridized carbons (Fsp3) is 0.440. The van der Waals surface area contributed by atoms with Gasteiger partial charge in [-0.15, -0.1) is 0 Å². The largest absolute Gasteiger partial charge is 0.378 e. The molecule has 0 atom stereocenters. The Hall–Kier alpha value is -2.75. The maximum absolute atomic E-state index is 13.1. The molecule has 8 nitrogen and oxygen atoms in total. The number of hydrogen-bond donors (Lipinski definition) is 0. The first-order valence-electron chi connectivity index (χ1n) is 11.9. The number of benzene rings is 1. The van der Waals surface area contributed by atoms with Crippen LogP contribution in [0, 0.1) is 0 Å². The molecule has 1 aromatic carbocycles. The van der Waals surface area contributed by atoms with Crippen molar-refractivity contribution in [1.82, 2.24) is 18.8 Å². The number of morpholine rings is 1. The van der Waals surface area contributed by atoms with E-state index in [1.807, 2.05) is 35.4 Å². The van der Waals surface area contributed by atoms with Gasteiger partial charge in [-0.1, -0.05) is 19.1 Å². The van der Waals surface area contributed by atoms with Crippen LogP contribution >= 0.6 is 0 Å². The Labute approximate surface area is 200 Å². The fourth-order valence-corrected chi connectivity index (χ4v) is 6.30. The highest BCUT2D eigenvalue weighted by Crippen LogP contribution is 2.32. The third kappa shape index (κ3) is 4.35. The molecular weight excluding hydrogens is 452 g/mol. The lowest BCUT2D eigenvalue weighted by molar-refractivity contribution is 0.0304. The molecule has 9 heteroatoms. The Balaban J connectivity index is 1.31. The van der Waals surface area contributed by atoms with Gasteiger partial charge in [0, 0.05) is 32.4 Å². The minimum absolute atomic E-state index is 0.0227. The molecule has 2 aliphatic rings. The Morgan fingerprint density at radius 1 is 1.06 bits per heavy atom. The molecule has 0 saturated carbocycles. The number of amides is 1. The number of nitrogens with zero attached hydrogens (tertiary/aromatic N) is 4. The molecule has 3 aromatic rings. The molecule has 2 aliphatic heterocycles. The zero-order valence-corrected chi connectivity index (χ0v) is 20.2. The van der Waals surface area contributed by atoms with Crippen molar-refractivity contribution >= 4 is 21.4 Å². The number of ether oxygens (including phenoxy) is 1. The topological polar surface area (TPSA) is 84.2 Å². The third-order valence-electron chi connectivity index (χ3n) is 6.97. The van der Waals surface area contributed by atoms with Gasteiger partial charge in [0.05, 0.1) is 35.4 Å². The average Bonchev–Trinajstić information content (AvgIpc) is 3.32. The normalized spacial score (nSPS) is 18.4. The van der Waals surface area contributed by atoms with E-state index in [1.54, 1.807) is 27.2 Å². The van der Waals surface area contributed by atoms with E-state index >= 15 is 0 Å². The Morgan fingerprint density at radius 3 is 2.44 bits per heavy atom. The maximum atomic E-state index is 13.1. The van der Waals surface area contributed by atoms with Crippen molar-refractivity contribution in [2.75, 3.05) is 39.4 Å². The van der Waals surface area contributed by atoms with E-state index in [-0.39, 0.29) is 11.8 Å². The van der Waals surface area contributed by atoms with Crippen molar-refractivity contribution in [3.8, 4) is 0 Å². The van der Waals surface area contributed by atoms with Crippen molar-refractivity contribution in [1.29, 1.82) is 0 Å². The van der Waals surface area contributed by atoms with Crippen LogP contribution in [-0.2, 0) is 21.2 Å². The highest BCUT2D eigenvalue weighted by Gasteiger charge is 2.30. The summed E-state index contributed by atoms with van der Waals surface area (Å²) < 4.78 is 34.9.